The highest BCUT2D eigenvalue weighted by Gasteiger charge is 2.28. The van der Waals surface area contributed by atoms with Crippen molar-refractivity contribution in [2.24, 2.45) is 0 Å². The standard InChI is InChI=1S/C42H58Br4O2S2Si4/c1-42(2,29-20-38(45)41(39(46)21-29)48-15-11-9-13-17-54(6,7)35-26-32(51)25-33(52)27-35)28-18-36(43)40(37(44)19-28)47-14-10-8-12-16-53(4,5)34-23-30(49)22-31(24-34)50-3/h18-27,49H,8-17H2,1-7,51-52H3. The topological polar surface area (TPSA) is 18.5 Å². The molecule has 0 saturated carbocycles. The summed E-state index contributed by atoms with van der Waals surface area (Å²) in [6.45, 7) is 16.0. The van der Waals surface area contributed by atoms with Crippen molar-refractivity contribution < 1.29 is 9.47 Å². The molecule has 0 atom stereocenters. The van der Waals surface area contributed by atoms with Gasteiger partial charge in [0.25, 0.3) is 0 Å². The average molecular weight is 1090 g/mol. The molecular formula is C42H58Br4O2S2Si4. The van der Waals surface area contributed by atoms with Crippen LogP contribution in [0.1, 0.15) is 63.5 Å². The summed E-state index contributed by atoms with van der Waals surface area (Å²) in [6.07, 6.45) is 9.07. The van der Waals surface area contributed by atoms with Gasteiger partial charge in [-0.25, -0.2) is 0 Å². The van der Waals surface area contributed by atoms with E-state index in [0.717, 1.165) is 74.0 Å². The van der Waals surface area contributed by atoms with Crippen LogP contribution in [0.4, 0.5) is 0 Å². The van der Waals surface area contributed by atoms with Gasteiger partial charge in [0.15, 0.2) is 0 Å². The van der Waals surface area contributed by atoms with Gasteiger partial charge >= 0.3 is 0 Å². The van der Waals surface area contributed by atoms with E-state index in [0.29, 0.717) is 13.2 Å². The zero-order valence-corrected chi connectivity index (χ0v) is 47.6. The fraction of sp³-hybridized carbons (Fsp3) is 0.429. The average Bonchev–Trinajstić information content (AvgIpc) is 3.08. The summed E-state index contributed by atoms with van der Waals surface area (Å²) in [5, 5.41) is 6.26. The van der Waals surface area contributed by atoms with E-state index < -0.39 is 16.1 Å². The largest absolute Gasteiger partial charge is 0.491 e. The molecule has 0 spiro atoms. The van der Waals surface area contributed by atoms with Crippen LogP contribution in [-0.4, -0.2) is 56.1 Å². The molecule has 0 aliphatic rings. The Labute approximate surface area is 377 Å². The van der Waals surface area contributed by atoms with Crippen molar-refractivity contribution in [3.63, 3.8) is 0 Å². The van der Waals surface area contributed by atoms with E-state index in [4.69, 9.17) is 9.47 Å². The van der Waals surface area contributed by atoms with Gasteiger partial charge in [-0.15, -0.1) is 24.4 Å². The molecule has 0 aromatic heterocycles. The molecule has 0 unspecified atom stereocenters. The van der Waals surface area contributed by atoms with Crippen LogP contribution < -0.4 is 30.2 Å². The van der Waals surface area contributed by atoms with Gasteiger partial charge in [-0.2, -0.15) is 0 Å². The molecule has 0 N–H and O–H groups in total. The van der Waals surface area contributed by atoms with Crippen LogP contribution >= 0.6 is 88.1 Å². The van der Waals surface area contributed by atoms with Crippen LogP contribution in [0, 0.1) is 0 Å². The van der Waals surface area contributed by atoms with Crippen LogP contribution in [0.2, 0.25) is 38.3 Å². The van der Waals surface area contributed by atoms with Gasteiger partial charge in [-0.3, -0.25) is 0 Å². The molecule has 0 aliphatic carbocycles. The Morgan fingerprint density at radius 2 is 1.00 bits per heavy atom. The quantitative estimate of drug-likeness (QED) is 0.0437. The van der Waals surface area contributed by atoms with Crippen LogP contribution in [0.15, 0.2) is 88.3 Å². The number of ether oxygens (including phenoxy) is 2. The smallest absolute Gasteiger partial charge is 0.147 e. The first kappa shape index (κ1) is 46.7. The van der Waals surface area contributed by atoms with E-state index in [2.05, 4.69) is 183 Å². The molecule has 54 heavy (non-hydrogen) atoms. The number of unbranched alkanes of at least 4 members (excludes halogenated alkanes) is 4. The minimum absolute atomic E-state index is 0.260. The highest BCUT2D eigenvalue weighted by atomic mass is 79.9. The minimum Gasteiger partial charge on any atom is -0.491 e. The Morgan fingerprint density at radius 1 is 0.593 bits per heavy atom. The SMILES string of the molecule is CSc1cc(S)cc([Si](C)(C)CCCCCOc2c(Br)cc(C(C)(C)c3cc(Br)c(OCCCCC[Si](C)(C)c4cc([SiH3])cc([SiH3])c4)c(Br)c3)cc2Br)c1. The molecule has 0 fully saturated rings. The summed E-state index contributed by atoms with van der Waals surface area (Å²) >= 11 is 21.8. The van der Waals surface area contributed by atoms with Crippen molar-refractivity contribution in [1.29, 1.82) is 0 Å². The number of thioether (sulfide) groups is 1. The number of hydrogen-bond acceptors (Lipinski definition) is 4. The molecule has 4 rings (SSSR count). The molecule has 12 heteroatoms. The zero-order chi connectivity index (χ0) is 39.8. The third-order valence-electron chi connectivity index (χ3n) is 10.7. The lowest BCUT2D eigenvalue weighted by Crippen LogP contribution is -2.44. The summed E-state index contributed by atoms with van der Waals surface area (Å²) in [5.41, 5.74) is 2.13. The van der Waals surface area contributed by atoms with Gasteiger partial charge < -0.3 is 9.47 Å². The van der Waals surface area contributed by atoms with Crippen LogP contribution in [0.25, 0.3) is 0 Å². The summed E-state index contributed by atoms with van der Waals surface area (Å²) in [4.78, 5) is 2.38. The van der Waals surface area contributed by atoms with Gasteiger partial charge in [0.1, 0.15) is 11.5 Å². The van der Waals surface area contributed by atoms with Gasteiger partial charge in [0.2, 0.25) is 0 Å². The summed E-state index contributed by atoms with van der Waals surface area (Å²) < 4.78 is 16.6. The maximum absolute atomic E-state index is 6.35. The second-order valence-electron chi connectivity index (χ2n) is 16.5. The van der Waals surface area contributed by atoms with E-state index >= 15 is 0 Å². The Balaban J connectivity index is 1.27. The second kappa shape index (κ2) is 20.8. The fourth-order valence-corrected chi connectivity index (χ4v) is 18.8. The molecule has 2 nitrogen and oxygen atoms in total. The van der Waals surface area contributed by atoms with Crippen molar-refractivity contribution in [3.8, 4) is 11.5 Å². The van der Waals surface area contributed by atoms with E-state index in [1.807, 2.05) is 0 Å². The van der Waals surface area contributed by atoms with E-state index in [1.165, 1.54) is 52.6 Å². The first-order chi connectivity index (χ1) is 25.3. The molecule has 0 aliphatic heterocycles. The molecule has 294 valence electrons. The lowest BCUT2D eigenvalue weighted by Gasteiger charge is -2.28. The van der Waals surface area contributed by atoms with Gasteiger partial charge in [0.05, 0.1) is 47.3 Å². The third kappa shape index (κ3) is 13.0. The van der Waals surface area contributed by atoms with Gasteiger partial charge in [0, 0.05) is 35.7 Å². The van der Waals surface area contributed by atoms with Crippen molar-refractivity contribution in [1.82, 2.24) is 0 Å². The number of halogens is 4. The summed E-state index contributed by atoms with van der Waals surface area (Å²) in [7, 11) is -0.637. The number of rotatable bonds is 19. The first-order valence-electron chi connectivity index (χ1n) is 19.1. The second-order valence-corrected chi connectivity index (χ2v) is 33.4. The molecular weight excluding hydrogens is 1030 g/mol. The predicted molar refractivity (Wildman–Crippen MR) is 269 cm³/mol. The maximum atomic E-state index is 6.35. The molecule has 0 radical (unpaired) electrons. The van der Waals surface area contributed by atoms with Crippen molar-refractivity contribution in [2.75, 3.05) is 19.5 Å². The third-order valence-corrected chi connectivity index (χ3v) is 22.1. The maximum Gasteiger partial charge on any atom is 0.147 e. The Hall–Kier alpha value is -0.0325. The highest BCUT2D eigenvalue weighted by molar-refractivity contribution is 9.11. The van der Waals surface area contributed by atoms with Crippen LogP contribution in [0.5, 0.6) is 11.5 Å². The zero-order valence-electron chi connectivity index (χ0n) is 33.5. The minimum atomic E-state index is -1.52. The molecule has 4 aromatic rings. The van der Waals surface area contributed by atoms with Crippen LogP contribution in [0.3, 0.4) is 0 Å². The van der Waals surface area contributed by atoms with Crippen molar-refractivity contribution >= 4 is 145 Å². The fourth-order valence-electron chi connectivity index (χ4n) is 7.07. The van der Waals surface area contributed by atoms with Crippen LogP contribution in [-0.2, 0) is 5.41 Å². The Kier molecular flexibility index (Phi) is 18.0. The van der Waals surface area contributed by atoms with Gasteiger partial charge in [-0.05, 0) is 136 Å². The molecule has 4 aromatic carbocycles. The molecule has 0 bridgehead atoms. The molecule has 0 heterocycles. The van der Waals surface area contributed by atoms with Crippen molar-refractivity contribution in [2.45, 2.75) is 106 Å². The van der Waals surface area contributed by atoms with E-state index in [9.17, 15) is 0 Å². The van der Waals surface area contributed by atoms with Crippen molar-refractivity contribution in [3.05, 3.63) is 89.7 Å². The monoisotopic (exact) mass is 1090 g/mol. The Morgan fingerprint density at radius 3 is 1.41 bits per heavy atom. The lowest BCUT2D eigenvalue weighted by atomic mass is 9.78. The van der Waals surface area contributed by atoms with E-state index in [-0.39, 0.29) is 5.41 Å². The Bertz CT molecular complexity index is 1840. The predicted octanol–water partition coefficient (Wildman–Crippen LogP) is 10.4. The first-order valence-corrected chi connectivity index (χ1v) is 32.3. The number of thiol groups is 1. The number of hydrogen-bond donors (Lipinski definition) is 1. The lowest BCUT2D eigenvalue weighted by molar-refractivity contribution is 0.302. The summed E-state index contributed by atoms with van der Waals surface area (Å²) in [5.74, 6) is 1.74. The van der Waals surface area contributed by atoms with E-state index in [1.54, 1.807) is 27.3 Å². The molecule has 0 amide bonds. The number of benzene rings is 4. The summed E-state index contributed by atoms with van der Waals surface area (Å²) in [6, 6.07) is 25.6. The normalized spacial score (nSPS) is 12.4. The highest BCUT2D eigenvalue weighted by Crippen LogP contribution is 2.44. The molecule has 0 saturated heterocycles. The van der Waals surface area contributed by atoms with Gasteiger partial charge in [-0.1, -0.05) is 117 Å².